The monoisotopic (exact) mass is 184 g/mol. The third-order valence-electron chi connectivity index (χ3n) is 2.30. The van der Waals surface area contributed by atoms with E-state index >= 15 is 0 Å². The predicted octanol–water partition coefficient (Wildman–Crippen LogP) is 2.42. The lowest BCUT2D eigenvalue weighted by molar-refractivity contribution is -0.123. The summed E-state index contributed by atoms with van der Waals surface area (Å²) < 4.78 is 5.04. The zero-order chi connectivity index (χ0) is 10.1. The molecular weight excluding hydrogens is 164 g/mol. The summed E-state index contributed by atoms with van der Waals surface area (Å²) in [5.74, 6) is 0.543. The Morgan fingerprint density at radius 2 is 2.08 bits per heavy atom. The first-order valence-corrected chi connectivity index (χ1v) is 5.03. The van der Waals surface area contributed by atoms with Gasteiger partial charge in [-0.3, -0.25) is 4.79 Å². The number of rotatable bonds is 4. The fraction of sp³-hybridized carbons (Fsp3) is 0.909. The van der Waals surface area contributed by atoms with Crippen LogP contribution in [0.25, 0.3) is 0 Å². The van der Waals surface area contributed by atoms with Crippen molar-refractivity contribution in [2.24, 2.45) is 11.3 Å². The Morgan fingerprint density at radius 1 is 1.54 bits per heavy atom. The van der Waals surface area contributed by atoms with Crippen molar-refractivity contribution >= 4 is 5.78 Å². The van der Waals surface area contributed by atoms with Gasteiger partial charge >= 0.3 is 0 Å². The summed E-state index contributed by atoms with van der Waals surface area (Å²) in [4.78, 5) is 11.6. The summed E-state index contributed by atoms with van der Waals surface area (Å²) >= 11 is 0. The van der Waals surface area contributed by atoms with Gasteiger partial charge in [-0.05, 0) is 11.8 Å². The van der Waals surface area contributed by atoms with Gasteiger partial charge in [0.15, 0.2) is 0 Å². The lowest BCUT2D eigenvalue weighted by Gasteiger charge is -2.22. The number of carbonyl (C=O) groups excluding carboxylic acids is 1. The molecule has 2 nitrogen and oxygen atoms in total. The topological polar surface area (TPSA) is 29.6 Å². The molecule has 1 aliphatic heterocycles. The van der Waals surface area contributed by atoms with Crippen molar-refractivity contribution in [2.45, 2.75) is 46.6 Å². The van der Waals surface area contributed by atoms with Crippen molar-refractivity contribution in [3.05, 3.63) is 0 Å². The van der Waals surface area contributed by atoms with Crippen molar-refractivity contribution in [2.75, 3.05) is 6.61 Å². The van der Waals surface area contributed by atoms with Crippen LogP contribution in [0.1, 0.15) is 40.5 Å². The summed E-state index contributed by atoms with van der Waals surface area (Å²) in [5, 5.41) is 0. The van der Waals surface area contributed by atoms with E-state index in [1.165, 1.54) is 0 Å². The first-order chi connectivity index (χ1) is 5.88. The second-order valence-electron chi connectivity index (χ2n) is 5.29. The van der Waals surface area contributed by atoms with Crippen LogP contribution in [0.4, 0.5) is 0 Å². The average Bonchev–Trinajstić information content (AvgIpc) is 2.67. The fourth-order valence-corrected chi connectivity index (χ4v) is 1.64. The molecule has 0 aliphatic carbocycles. The van der Waals surface area contributed by atoms with E-state index in [0.717, 1.165) is 13.0 Å². The third-order valence-corrected chi connectivity index (χ3v) is 2.30. The molecule has 2 heteroatoms. The number of ether oxygens (including phenoxy) is 1. The van der Waals surface area contributed by atoms with Crippen LogP contribution in [0.2, 0.25) is 0 Å². The van der Waals surface area contributed by atoms with Crippen LogP contribution in [0.5, 0.6) is 0 Å². The zero-order valence-corrected chi connectivity index (χ0v) is 9.09. The molecule has 1 heterocycles. The molecule has 0 saturated carbocycles. The smallest absolute Gasteiger partial charge is 0.138 e. The van der Waals surface area contributed by atoms with E-state index in [0.29, 0.717) is 12.2 Å². The quantitative estimate of drug-likeness (QED) is 0.628. The molecule has 0 aromatic heterocycles. The molecule has 1 fully saturated rings. The SMILES string of the molecule is CC(CC(C)(C)C)C(=O)CC1CO1. The molecule has 0 aromatic carbocycles. The maximum atomic E-state index is 11.6. The minimum atomic E-state index is 0.184. The Kier molecular flexibility index (Phi) is 3.12. The van der Waals surface area contributed by atoms with Gasteiger partial charge in [0.1, 0.15) is 5.78 Å². The molecule has 1 aliphatic rings. The van der Waals surface area contributed by atoms with Gasteiger partial charge in [-0.15, -0.1) is 0 Å². The number of hydrogen-bond acceptors (Lipinski definition) is 2. The highest BCUT2D eigenvalue weighted by molar-refractivity contribution is 5.81. The molecule has 0 bridgehead atoms. The van der Waals surface area contributed by atoms with Gasteiger partial charge in [-0.2, -0.15) is 0 Å². The maximum absolute atomic E-state index is 11.6. The molecule has 0 radical (unpaired) electrons. The van der Waals surface area contributed by atoms with Crippen LogP contribution in [0, 0.1) is 11.3 Å². The lowest BCUT2D eigenvalue weighted by Crippen LogP contribution is -2.19. The Bertz CT molecular complexity index is 187. The molecule has 1 saturated heterocycles. The van der Waals surface area contributed by atoms with Gasteiger partial charge in [0.25, 0.3) is 0 Å². The molecule has 2 unspecified atom stereocenters. The number of carbonyl (C=O) groups is 1. The Balaban J connectivity index is 2.28. The first kappa shape index (κ1) is 10.7. The van der Waals surface area contributed by atoms with Gasteiger partial charge in [0.2, 0.25) is 0 Å². The second-order valence-corrected chi connectivity index (χ2v) is 5.29. The van der Waals surface area contributed by atoms with Gasteiger partial charge in [-0.1, -0.05) is 27.7 Å². The molecule has 0 aromatic rings. The molecule has 0 amide bonds. The summed E-state index contributed by atoms with van der Waals surface area (Å²) in [7, 11) is 0. The van der Waals surface area contributed by atoms with E-state index in [1.54, 1.807) is 0 Å². The van der Waals surface area contributed by atoms with Crippen LogP contribution in [-0.2, 0) is 9.53 Å². The minimum absolute atomic E-state index is 0.184. The standard InChI is InChI=1S/C11H20O2/c1-8(6-11(2,3)4)10(12)5-9-7-13-9/h8-9H,5-7H2,1-4H3. The summed E-state index contributed by atoms with van der Waals surface area (Å²) in [6.45, 7) is 9.32. The summed E-state index contributed by atoms with van der Waals surface area (Å²) in [6, 6.07) is 0. The Hall–Kier alpha value is -0.370. The molecule has 0 spiro atoms. The normalized spacial score (nSPS) is 24.2. The summed E-state index contributed by atoms with van der Waals surface area (Å²) in [6.07, 6.45) is 1.84. The molecule has 76 valence electrons. The lowest BCUT2D eigenvalue weighted by atomic mass is 9.83. The first-order valence-electron chi connectivity index (χ1n) is 5.03. The number of Topliss-reactive ketones (excluding diaryl/α,β-unsaturated/α-hetero) is 1. The van der Waals surface area contributed by atoms with E-state index in [9.17, 15) is 4.79 Å². The van der Waals surface area contributed by atoms with E-state index in [4.69, 9.17) is 4.74 Å². The van der Waals surface area contributed by atoms with Crippen molar-refractivity contribution in [3.63, 3.8) is 0 Å². The average molecular weight is 184 g/mol. The molecule has 2 atom stereocenters. The van der Waals surface area contributed by atoms with E-state index in [2.05, 4.69) is 20.8 Å². The molecular formula is C11H20O2. The summed E-state index contributed by atoms with van der Waals surface area (Å²) in [5.41, 5.74) is 0.249. The van der Waals surface area contributed by atoms with Crippen LogP contribution in [0.3, 0.4) is 0 Å². The van der Waals surface area contributed by atoms with Gasteiger partial charge in [0, 0.05) is 12.3 Å². The Morgan fingerprint density at radius 3 is 2.46 bits per heavy atom. The van der Waals surface area contributed by atoms with Gasteiger partial charge in [-0.25, -0.2) is 0 Å². The molecule has 1 rings (SSSR count). The highest BCUT2D eigenvalue weighted by Crippen LogP contribution is 2.26. The van der Waals surface area contributed by atoms with E-state index in [1.807, 2.05) is 6.92 Å². The molecule has 13 heavy (non-hydrogen) atoms. The van der Waals surface area contributed by atoms with Crippen molar-refractivity contribution in [1.29, 1.82) is 0 Å². The molecule has 0 N–H and O–H groups in total. The number of epoxide rings is 1. The van der Waals surface area contributed by atoms with Crippen LogP contribution in [-0.4, -0.2) is 18.5 Å². The van der Waals surface area contributed by atoms with Gasteiger partial charge in [0.05, 0.1) is 12.7 Å². The third kappa shape index (κ3) is 4.41. The van der Waals surface area contributed by atoms with E-state index in [-0.39, 0.29) is 17.4 Å². The van der Waals surface area contributed by atoms with Crippen molar-refractivity contribution in [1.82, 2.24) is 0 Å². The number of hydrogen-bond donors (Lipinski definition) is 0. The highest BCUT2D eigenvalue weighted by Gasteiger charge is 2.29. The van der Waals surface area contributed by atoms with Crippen molar-refractivity contribution < 1.29 is 9.53 Å². The highest BCUT2D eigenvalue weighted by atomic mass is 16.6. The Labute approximate surface area is 80.7 Å². The van der Waals surface area contributed by atoms with Crippen LogP contribution in [0.15, 0.2) is 0 Å². The van der Waals surface area contributed by atoms with E-state index < -0.39 is 0 Å². The largest absolute Gasteiger partial charge is 0.373 e. The zero-order valence-electron chi connectivity index (χ0n) is 9.09. The maximum Gasteiger partial charge on any atom is 0.138 e. The minimum Gasteiger partial charge on any atom is -0.373 e. The van der Waals surface area contributed by atoms with Gasteiger partial charge < -0.3 is 4.74 Å². The van der Waals surface area contributed by atoms with Crippen LogP contribution < -0.4 is 0 Å². The fourth-order valence-electron chi connectivity index (χ4n) is 1.64. The van der Waals surface area contributed by atoms with Crippen molar-refractivity contribution in [3.8, 4) is 0 Å². The second kappa shape index (κ2) is 3.79. The number of ketones is 1. The predicted molar refractivity (Wildman–Crippen MR) is 52.6 cm³/mol. The van der Waals surface area contributed by atoms with Crippen LogP contribution >= 0.6 is 0 Å².